The monoisotopic (exact) mass is 439 g/mol. The lowest BCUT2D eigenvalue weighted by molar-refractivity contribution is 0.481. The van der Waals surface area contributed by atoms with Gasteiger partial charge in [0.05, 0.1) is 0 Å². The lowest BCUT2D eigenvalue weighted by Gasteiger charge is -2.38. The van der Waals surface area contributed by atoms with Gasteiger partial charge < -0.3 is 25.3 Å². The van der Waals surface area contributed by atoms with Crippen molar-refractivity contribution in [2.75, 3.05) is 59.3 Å². The zero-order chi connectivity index (χ0) is 21.6. The molecular weight excluding hydrogens is 406 g/mol. The minimum Gasteiger partial charge on any atom is -0.368 e. The number of nitrogens with one attached hydrogen (secondary N) is 2. The molecule has 0 aliphatic carbocycles. The maximum Gasteiger partial charge on any atom is 0.232 e. The molecule has 2 saturated heterocycles. The Kier molecular flexibility index (Phi) is 7.06. The molecule has 3 heterocycles. The summed E-state index contributed by atoms with van der Waals surface area (Å²) in [6.45, 7) is 9.92. The molecule has 8 heteroatoms. The van der Waals surface area contributed by atoms with Crippen molar-refractivity contribution in [3.05, 3.63) is 36.4 Å². The smallest absolute Gasteiger partial charge is 0.232 e. The van der Waals surface area contributed by atoms with Crippen molar-refractivity contribution in [1.29, 1.82) is 0 Å². The number of hydrogen-bond donors (Lipinski definition) is 2. The van der Waals surface area contributed by atoms with Crippen LogP contribution >= 0.6 is 12.2 Å². The number of piperazine rings is 1. The quantitative estimate of drug-likeness (QED) is 0.687. The van der Waals surface area contributed by atoms with Crippen LogP contribution in [0.25, 0.3) is 0 Å². The van der Waals surface area contributed by atoms with Crippen molar-refractivity contribution in [3.63, 3.8) is 0 Å². The standard InChI is InChI=1S/C23H33N7S/c1-3-24-23(31)27-22-25-20(17-21(26-22)30-12-8-7-9-18(30)2)29-15-13-28(14-16-29)19-10-5-4-6-11-19/h4-6,10-11,17-18H,3,7-9,12-16H2,1-2H3,(H2,24,25,26,27,31)/t18-/m1/s1. The van der Waals surface area contributed by atoms with E-state index < -0.39 is 0 Å². The summed E-state index contributed by atoms with van der Waals surface area (Å²) in [6, 6.07) is 13.3. The number of thiocarbonyl (C=S) groups is 1. The molecule has 166 valence electrons. The minimum absolute atomic E-state index is 0.486. The highest BCUT2D eigenvalue weighted by atomic mass is 32.1. The molecule has 0 bridgehead atoms. The zero-order valence-corrected chi connectivity index (χ0v) is 19.4. The molecule has 0 amide bonds. The van der Waals surface area contributed by atoms with Crippen LogP contribution in [0.2, 0.25) is 0 Å². The third-order valence-electron chi connectivity index (χ3n) is 6.08. The topological polar surface area (TPSA) is 59.6 Å². The fourth-order valence-corrected chi connectivity index (χ4v) is 4.60. The molecule has 4 rings (SSSR count). The maximum atomic E-state index is 5.39. The first-order chi connectivity index (χ1) is 15.1. The molecule has 1 aromatic carbocycles. The molecule has 31 heavy (non-hydrogen) atoms. The van der Waals surface area contributed by atoms with E-state index in [1.165, 1.54) is 24.9 Å². The van der Waals surface area contributed by atoms with Gasteiger partial charge >= 0.3 is 0 Å². The second-order valence-corrected chi connectivity index (χ2v) is 8.65. The average Bonchev–Trinajstić information content (AvgIpc) is 2.80. The van der Waals surface area contributed by atoms with Gasteiger partial charge in [-0.15, -0.1) is 0 Å². The molecule has 0 unspecified atom stereocenters. The lowest BCUT2D eigenvalue weighted by Crippen LogP contribution is -2.47. The second-order valence-electron chi connectivity index (χ2n) is 8.24. The first-order valence-corrected chi connectivity index (χ1v) is 11.8. The van der Waals surface area contributed by atoms with Crippen molar-refractivity contribution < 1.29 is 0 Å². The fraction of sp³-hybridized carbons (Fsp3) is 0.522. The molecule has 2 N–H and O–H groups in total. The number of nitrogens with zero attached hydrogens (tertiary/aromatic N) is 5. The number of piperidine rings is 1. The molecule has 0 spiro atoms. The van der Waals surface area contributed by atoms with Crippen molar-refractivity contribution in [2.45, 2.75) is 39.2 Å². The Morgan fingerprint density at radius 2 is 1.71 bits per heavy atom. The first kappa shape index (κ1) is 21.6. The number of anilines is 4. The predicted octanol–water partition coefficient (Wildman–Crippen LogP) is 3.49. The Balaban J connectivity index is 1.54. The summed E-state index contributed by atoms with van der Waals surface area (Å²) in [5.41, 5.74) is 1.28. The highest BCUT2D eigenvalue weighted by molar-refractivity contribution is 7.80. The van der Waals surface area contributed by atoms with Gasteiger partial charge in [-0.05, 0) is 57.5 Å². The normalized spacial score (nSPS) is 19.3. The van der Waals surface area contributed by atoms with E-state index in [0.717, 1.165) is 50.9 Å². The highest BCUT2D eigenvalue weighted by Crippen LogP contribution is 2.28. The van der Waals surface area contributed by atoms with E-state index in [4.69, 9.17) is 22.2 Å². The van der Waals surface area contributed by atoms with Gasteiger partial charge in [-0.1, -0.05) is 18.2 Å². The van der Waals surface area contributed by atoms with Crippen LogP contribution in [-0.4, -0.2) is 60.4 Å². The third kappa shape index (κ3) is 5.36. The zero-order valence-electron chi connectivity index (χ0n) is 18.5. The summed E-state index contributed by atoms with van der Waals surface area (Å²) in [5, 5.41) is 6.88. The molecule has 2 aliphatic rings. The van der Waals surface area contributed by atoms with Crippen molar-refractivity contribution in [1.82, 2.24) is 15.3 Å². The van der Waals surface area contributed by atoms with Gasteiger partial charge in [-0.2, -0.15) is 9.97 Å². The van der Waals surface area contributed by atoms with Gasteiger partial charge in [0.2, 0.25) is 5.95 Å². The van der Waals surface area contributed by atoms with E-state index in [9.17, 15) is 0 Å². The molecule has 2 fully saturated rings. The molecule has 1 aromatic heterocycles. The second kappa shape index (κ2) is 10.1. The van der Waals surface area contributed by atoms with E-state index in [1.807, 2.05) is 6.92 Å². The van der Waals surface area contributed by atoms with Crippen LogP contribution in [0.4, 0.5) is 23.3 Å². The molecule has 0 saturated carbocycles. The van der Waals surface area contributed by atoms with Crippen LogP contribution in [0.3, 0.4) is 0 Å². The van der Waals surface area contributed by atoms with Crippen LogP contribution < -0.4 is 25.3 Å². The van der Waals surface area contributed by atoms with E-state index in [2.05, 4.69) is 68.7 Å². The Hall–Kier alpha value is -2.61. The average molecular weight is 440 g/mol. The summed E-state index contributed by atoms with van der Waals surface area (Å²) in [5.74, 6) is 2.53. The molecule has 2 aromatic rings. The number of hydrogen-bond acceptors (Lipinski definition) is 6. The van der Waals surface area contributed by atoms with E-state index in [0.29, 0.717) is 17.1 Å². The Morgan fingerprint density at radius 1 is 1.00 bits per heavy atom. The summed E-state index contributed by atoms with van der Waals surface area (Å²) >= 11 is 5.39. The van der Waals surface area contributed by atoms with Gasteiger partial charge in [0.15, 0.2) is 5.11 Å². The highest BCUT2D eigenvalue weighted by Gasteiger charge is 2.24. The van der Waals surface area contributed by atoms with Crippen molar-refractivity contribution >= 4 is 40.6 Å². The van der Waals surface area contributed by atoms with Crippen LogP contribution in [0.5, 0.6) is 0 Å². The predicted molar refractivity (Wildman–Crippen MR) is 133 cm³/mol. The van der Waals surface area contributed by atoms with Gasteiger partial charge in [0.1, 0.15) is 11.6 Å². The van der Waals surface area contributed by atoms with Crippen LogP contribution in [0.1, 0.15) is 33.1 Å². The van der Waals surface area contributed by atoms with E-state index in [1.54, 1.807) is 0 Å². The molecule has 2 aliphatic heterocycles. The van der Waals surface area contributed by atoms with Crippen LogP contribution in [0.15, 0.2) is 36.4 Å². The van der Waals surface area contributed by atoms with Gasteiger partial charge in [0, 0.05) is 57.1 Å². The number of para-hydroxylation sites is 1. The molecule has 1 atom stereocenters. The number of benzene rings is 1. The van der Waals surface area contributed by atoms with Gasteiger partial charge in [-0.3, -0.25) is 0 Å². The van der Waals surface area contributed by atoms with Crippen molar-refractivity contribution in [3.8, 4) is 0 Å². The summed E-state index contributed by atoms with van der Waals surface area (Å²) in [7, 11) is 0. The van der Waals surface area contributed by atoms with Gasteiger partial charge in [-0.25, -0.2) is 0 Å². The molecule has 7 nitrogen and oxygen atoms in total. The van der Waals surface area contributed by atoms with Crippen LogP contribution in [0, 0.1) is 0 Å². The summed E-state index contributed by atoms with van der Waals surface area (Å²) < 4.78 is 0. The Bertz CT molecular complexity index is 867. The van der Waals surface area contributed by atoms with Gasteiger partial charge in [0.25, 0.3) is 0 Å². The summed E-state index contributed by atoms with van der Waals surface area (Å²) in [4.78, 5) is 16.9. The third-order valence-corrected chi connectivity index (χ3v) is 6.33. The summed E-state index contributed by atoms with van der Waals surface area (Å²) in [6.07, 6.45) is 3.69. The van der Waals surface area contributed by atoms with Crippen molar-refractivity contribution in [2.24, 2.45) is 0 Å². The Labute approximate surface area is 190 Å². The SMILES string of the molecule is CCNC(=S)Nc1nc(N2CCN(c3ccccc3)CC2)cc(N2CCCC[C@H]2C)n1. The van der Waals surface area contributed by atoms with E-state index >= 15 is 0 Å². The number of aromatic nitrogens is 2. The van der Waals surface area contributed by atoms with Crippen LogP contribution in [-0.2, 0) is 0 Å². The fourth-order valence-electron chi connectivity index (χ4n) is 4.36. The first-order valence-electron chi connectivity index (χ1n) is 11.4. The Morgan fingerprint density at radius 3 is 2.42 bits per heavy atom. The largest absolute Gasteiger partial charge is 0.368 e. The lowest BCUT2D eigenvalue weighted by atomic mass is 10.0. The number of rotatable bonds is 5. The molecular formula is C23H33N7S. The molecule has 0 radical (unpaired) electrons. The van der Waals surface area contributed by atoms with E-state index in [-0.39, 0.29) is 0 Å². The minimum atomic E-state index is 0.486. The maximum absolute atomic E-state index is 5.39.